The van der Waals surface area contributed by atoms with Gasteiger partial charge in [-0.15, -0.1) is 11.3 Å². The monoisotopic (exact) mass is 413 g/mol. The van der Waals surface area contributed by atoms with E-state index in [0.29, 0.717) is 17.4 Å². The minimum Gasteiger partial charge on any atom is -0.378 e. The van der Waals surface area contributed by atoms with Crippen molar-refractivity contribution in [2.45, 2.75) is 45.3 Å². The Balaban J connectivity index is 1.30. The Morgan fingerprint density at radius 2 is 2.24 bits per heavy atom. The summed E-state index contributed by atoms with van der Waals surface area (Å²) in [6.45, 7) is 8.49. The summed E-state index contributed by atoms with van der Waals surface area (Å²) in [4.78, 5) is 24.5. The van der Waals surface area contributed by atoms with Crippen LogP contribution in [0, 0.1) is 18.8 Å². The molecule has 3 aromatic heterocycles. The lowest BCUT2D eigenvalue weighted by molar-refractivity contribution is -0.0358. The lowest BCUT2D eigenvalue weighted by atomic mass is 9.84. The maximum Gasteiger partial charge on any atom is 0.276 e. The van der Waals surface area contributed by atoms with Gasteiger partial charge in [0, 0.05) is 47.8 Å². The number of nitrogens with one attached hydrogen (secondary N) is 1. The van der Waals surface area contributed by atoms with Crippen molar-refractivity contribution in [2.24, 2.45) is 11.8 Å². The maximum absolute atomic E-state index is 12.0. The molecule has 0 aliphatic carbocycles. The lowest BCUT2D eigenvalue weighted by Crippen LogP contribution is -2.35. The summed E-state index contributed by atoms with van der Waals surface area (Å²) in [6.07, 6.45) is 5.17. The van der Waals surface area contributed by atoms with Gasteiger partial charge in [-0.1, -0.05) is 6.92 Å². The van der Waals surface area contributed by atoms with Gasteiger partial charge in [-0.05, 0) is 37.8 Å². The number of aromatic nitrogens is 4. The van der Waals surface area contributed by atoms with Crippen molar-refractivity contribution in [1.82, 2.24) is 24.5 Å². The molecule has 2 aliphatic rings. The Hall–Kier alpha value is -2.03. The van der Waals surface area contributed by atoms with Gasteiger partial charge in [0.05, 0.1) is 12.3 Å². The molecule has 5 heterocycles. The van der Waals surface area contributed by atoms with E-state index in [2.05, 4.69) is 45.9 Å². The molecule has 0 radical (unpaired) electrons. The van der Waals surface area contributed by atoms with E-state index in [-0.39, 0.29) is 17.6 Å². The van der Waals surface area contributed by atoms with E-state index in [0.717, 1.165) is 44.9 Å². The predicted molar refractivity (Wildman–Crippen MR) is 112 cm³/mol. The summed E-state index contributed by atoms with van der Waals surface area (Å²) >= 11 is 1.89. The van der Waals surface area contributed by atoms with Crippen LogP contribution in [0.25, 0.3) is 5.52 Å². The Kier molecular flexibility index (Phi) is 5.01. The number of hydrogen-bond acceptors (Lipinski definition) is 6. The van der Waals surface area contributed by atoms with Crippen LogP contribution in [0.3, 0.4) is 0 Å². The third kappa shape index (κ3) is 3.65. The molecule has 0 spiro atoms. The first kappa shape index (κ1) is 19.0. The molecule has 4 unspecified atom stereocenters. The first-order chi connectivity index (χ1) is 14.1. The number of H-pyrrole nitrogens is 1. The van der Waals surface area contributed by atoms with Gasteiger partial charge in [-0.25, -0.2) is 9.50 Å². The van der Waals surface area contributed by atoms with Crippen molar-refractivity contribution in [2.75, 3.05) is 19.7 Å². The van der Waals surface area contributed by atoms with Gasteiger partial charge in [0.25, 0.3) is 5.56 Å². The smallest absolute Gasteiger partial charge is 0.276 e. The average molecular weight is 414 g/mol. The zero-order valence-corrected chi connectivity index (χ0v) is 17.7. The van der Waals surface area contributed by atoms with E-state index >= 15 is 0 Å². The van der Waals surface area contributed by atoms with Crippen molar-refractivity contribution in [1.29, 1.82) is 0 Å². The molecule has 1 N–H and O–H groups in total. The second-order valence-corrected chi connectivity index (χ2v) is 9.88. The molecular weight excluding hydrogens is 386 g/mol. The molecule has 2 fully saturated rings. The van der Waals surface area contributed by atoms with Crippen molar-refractivity contribution in [3.63, 3.8) is 0 Å². The topological polar surface area (TPSA) is 75.5 Å². The van der Waals surface area contributed by atoms with Crippen LogP contribution in [0.2, 0.25) is 0 Å². The molecule has 2 saturated heterocycles. The third-order valence-corrected chi connectivity index (χ3v) is 7.43. The van der Waals surface area contributed by atoms with Crippen LogP contribution in [-0.4, -0.2) is 50.3 Å². The molecular formula is C21H27N5O2S. The summed E-state index contributed by atoms with van der Waals surface area (Å²) in [7, 11) is 0. The molecule has 8 heteroatoms. The largest absolute Gasteiger partial charge is 0.378 e. The molecule has 0 amide bonds. The normalized spacial score (nSPS) is 28.3. The maximum atomic E-state index is 12.0. The Labute approximate surface area is 173 Å². The quantitative estimate of drug-likeness (QED) is 0.712. The van der Waals surface area contributed by atoms with Crippen LogP contribution < -0.4 is 5.56 Å². The van der Waals surface area contributed by atoms with Crippen LogP contribution in [0.1, 0.15) is 41.3 Å². The molecule has 2 aliphatic heterocycles. The zero-order valence-electron chi connectivity index (χ0n) is 16.9. The van der Waals surface area contributed by atoms with Gasteiger partial charge in [0.1, 0.15) is 12.2 Å². The Morgan fingerprint density at radius 1 is 1.34 bits per heavy atom. The molecule has 0 bridgehead atoms. The van der Waals surface area contributed by atoms with Gasteiger partial charge in [0.15, 0.2) is 5.52 Å². The highest BCUT2D eigenvalue weighted by Gasteiger charge is 2.39. The highest BCUT2D eigenvalue weighted by Crippen LogP contribution is 2.37. The minimum atomic E-state index is -0.147. The number of hydrogen-bond donors (Lipinski definition) is 1. The predicted octanol–water partition coefficient (Wildman–Crippen LogP) is 2.82. The van der Waals surface area contributed by atoms with E-state index < -0.39 is 0 Å². The molecule has 3 aromatic rings. The van der Waals surface area contributed by atoms with Gasteiger partial charge in [-0.2, -0.15) is 5.10 Å². The summed E-state index contributed by atoms with van der Waals surface area (Å²) in [5, 5.41) is 4.33. The highest BCUT2D eigenvalue weighted by molar-refractivity contribution is 7.11. The number of likely N-dealkylation sites (tertiary alicyclic amines) is 1. The number of fused-ring (bicyclic) bond motifs is 1. The number of imidazole rings is 1. The van der Waals surface area contributed by atoms with E-state index in [4.69, 9.17) is 4.74 Å². The SMILES string of the molecule is Cc1ccc(CN2CC(C)C(C3CC(c4ncc5c(=O)[nH]cnn45)CCO3)C2)s1. The second-order valence-electron chi connectivity index (χ2n) is 8.51. The average Bonchev–Trinajstić information content (AvgIpc) is 3.41. The number of rotatable bonds is 4. The van der Waals surface area contributed by atoms with Crippen LogP contribution in [0.15, 0.2) is 29.5 Å². The number of thiophene rings is 1. The highest BCUT2D eigenvalue weighted by atomic mass is 32.1. The fourth-order valence-electron chi connectivity index (χ4n) is 4.99. The molecule has 154 valence electrons. The fraction of sp³-hybridized carbons (Fsp3) is 0.571. The van der Waals surface area contributed by atoms with E-state index in [1.807, 2.05) is 11.3 Å². The Morgan fingerprint density at radius 3 is 3.07 bits per heavy atom. The number of aromatic amines is 1. The van der Waals surface area contributed by atoms with Crippen molar-refractivity contribution < 1.29 is 4.74 Å². The summed E-state index contributed by atoms with van der Waals surface area (Å²) in [6, 6.07) is 4.46. The zero-order chi connectivity index (χ0) is 20.0. The van der Waals surface area contributed by atoms with Crippen LogP contribution in [-0.2, 0) is 11.3 Å². The fourth-order valence-corrected chi connectivity index (χ4v) is 5.93. The molecule has 7 nitrogen and oxygen atoms in total. The summed E-state index contributed by atoms with van der Waals surface area (Å²) in [5.41, 5.74) is 0.364. The van der Waals surface area contributed by atoms with Crippen LogP contribution in [0.5, 0.6) is 0 Å². The standard InChI is InChI=1S/C21H27N5O2S/c1-13-9-25(10-16-4-3-14(2)29-16)11-17(13)19-7-15(5-6-28-19)20-22-8-18-21(27)23-12-24-26(18)20/h3-4,8,12-13,15,17,19H,5-7,9-11H2,1-2H3,(H,23,24,27). The first-order valence-corrected chi connectivity index (χ1v) is 11.2. The van der Waals surface area contributed by atoms with Crippen molar-refractivity contribution >= 4 is 16.9 Å². The lowest BCUT2D eigenvalue weighted by Gasteiger charge is -2.34. The summed E-state index contributed by atoms with van der Waals surface area (Å²) < 4.78 is 7.95. The first-order valence-electron chi connectivity index (χ1n) is 10.4. The van der Waals surface area contributed by atoms with Gasteiger partial charge >= 0.3 is 0 Å². The van der Waals surface area contributed by atoms with E-state index in [9.17, 15) is 4.79 Å². The van der Waals surface area contributed by atoms with Crippen molar-refractivity contribution in [3.05, 3.63) is 50.6 Å². The molecule has 0 saturated carbocycles. The summed E-state index contributed by atoms with van der Waals surface area (Å²) in [5.74, 6) is 2.29. The second kappa shape index (κ2) is 7.66. The van der Waals surface area contributed by atoms with Gasteiger partial charge in [-0.3, -0.25) is 9.69 Å². The number of aryl methyl sites for hydroxylation is 1. The van der Waals surface area contributed by atoms with Crippen LogP contribution >= 0.6 is 11.3 Å². The minimum absolute atomic E-state index is 0.147. The third-order valence-electron chi connectivity index (χ3n) is 6.45. The van der Waals surface area contributed by atoms with Gasteiger partial charge in [0.2, 0.25) is 0 Å². The Bertz CT molecular complexity index is 1060. The van der Waals surface area contributed by atoms with E-state index in [1.165, 1.54) is 16.1 Å². The number of ether oxygens (including phenoxy) is 1. The number of nitrogens with zero attached hydrogens (tertiary/aromatic N) is 4. The van der Waals surface area contributed by atoms with Crippen molar-refractivity contribution in [3.8, 4) is 0 Å². The van der Waals surface area contributed by atoms with E-state index in [1.54, 1.807) is 10.7 Å². The molecule has 5 rings (SSSR count). The molecule has 29 heavy (non-hydrogen) atoms. The molecule has 0 aromatic carbocycles. The van der Waals surface area contributed by atoms with Crippen LogP contribution in [0.4, 0.5) is 0 Å². The van der Waals surface area contributed by atoms with Gasteiger partial charge < -0.3 is 9.72 Å². The molecule has 4 atom stereocenters.